The van der Waals surface area contributed by atoms with Gasteiger partial charge < -0.3 is 14.7 Å². The van der Waals surface area contributed by atoms with Crippen LogP contribution in [0.1, 0.15) is 46.1 Å². The van der Waals surface area contributed by atoms with Crippen molar-refractivity contribution in [2.75, 3.05) is 6.54 Å². The van der Waals surface area contributed by atoms with Crippen molar-refractivity contribution in [2.24, 2.45) is 17.5 Å². The van der Waals surface area contributed by atoms with Gasteiger partial charge in [-0.1, -0.05) is 37.4 Å². The van der Waals surface area contributed by atoms with Crippen molar-refractivity contribution in [3.63, 3.8) is 0 Å². The van der Waals surface area contributed by atoms with E-state index in [1.54, 1.807) is 0 Å². The van der Waals surface area contributed by atoms with Crippen LogP contribution in [0.4, 0.5) is 0 Å². The van der Waals surface area contributed by atoms with Crippen LogP contribution in [0.2, 0.25) is 0 Å². The molecule has 161 valence electrons. The van der Waals surface area contributed by atoms with Gasteiger partial charge in [0.05, 0.1) is 18.8 Å². The van der Waals surface area contributed by atoms with Crippen LogP contribution in [-0.4, -0.2) is 32.5 Å². The summed E-state index contributed by atoms with van der Waals surface area (Å²) in [6.07, 6.45) is 3.67. The van der Waals surface area contributed by atoms with Crippen LogP contribution in [0.5, 0.6) is 0 Å². The third-order valence-corrected chi connectivity index (χ3v) is 5.39. The summed E-state index contributed by atoms with van der Waals surface area (Å²) in [5, 5.41) is 11.0. The first kappa shape index (κ1) is 24.0. The number of hydrogen-bond acceptors (Lipinski definition) is 2. The van der Waals surface area contributed by atoms with Gasteiger partial charge >= 0.3 is 5.78 Å². The van der Waals surface area contributed by atoms with Crippen LogP contribution in [0, 0.1) is 11.5 Å². The Kier molecular flexibility index (Phi) is 7.79. The maximum absolute atomic E-state index is 8.40. The molecule has 0 unspecified atom stereocenters. The maximum atomic E-state index is 8.40. The SMILES string of the molecule is CC(=[OH+])/C=C(/C)O.Cn1c2c[c-]c(C3=NCCCC3(C)C)cc2c2ccccc21.[Ir]. The van der Waals surface area contributed by atoms with E-state index in [-0.39, 0.29) is 37.1 Å². The molecule has 1 aromatic heterocycles. The van der Waals surface area contributed by atoms with Gasteiger partial charge in [0.25, 0.3) is 0 Å². The first-order chi connectivity index (χ1) is 13.7. The van der Waals surface area contributed by atoms with Gasteiger partial charge in [-0.25, -0.2) is 0 Å². The minimum Gasteiger partial charge on any atom is -0.512 e. The van der Waals surface area contributed by atoms with Gasteiger partial charge in [-0.15, -0.1) is 23.8 Å². The molecular weight excluding hydrogens is 553 g/mol. The van der Waals surface area contributed by atoms with Crippen molar-refractivity contribution >= 4 is 33.3 Å². The minimum atomic E-state index is 0. The van der Waals surface area contributed by atoms with Crippen LogP contribution in [-0.2, 0) is 27.2 Å². The van der Waals surface area contributed by atoms with Gasteiger partial charge in [-0.05, 0) is 47.9 Å². The van der Waals surface area contributed by atoms with Crippen molar-refractivity contribution in [3.05, 3.63) is 59.9 Å². The standard InChI is InChI=1S/C20H21N2.C5H8O2.Ir/c1-20(2)11-6-12-21-19(20)14-9-10-18-16(13-14)15-7-4-5-8-17(15)22(18)3;1-4(6)3-5(2)7;/h4-5,7-8,10,13H,6,11-12H2,1-3H3;3,6H,1-2H3;/q-1;;/p+1/b;4-3-;. The second kappa shape index (κ2) is 9.72. The molecule has 4 nitrogen and oxygen atoms in total. The van der Waals surface area contributed by atoms with Crippen LogP contribution >= 0.6 is 0 Å². The first-order valence-electron chi connectivity index (χ1n) is 10.0. The van der Waals surface area contributed by atoms with Crippen LogP contribution < -0.4 is 0 Å². The molecule has 2 N–H and O–H groups in total. The number of rotatable bonds is 2. The first-order valence-corrected chi connectivity index (χ1v) is 10.0. The van der Waals surface area contributed by atoms with E-state index in [0.717, 1.165) is 12.1 Å². The fourth-order valence-electron chi connectivity index (χ4n) is 4.03. The van der Waals surface area contributed by atoms with E-state index in [4.69, 9.17) is 14.9 Å². The van der Waals surface area contributed by atoms with Gasteiger partial charge in [0.2, 0.25) is 0 Å². The van der Waals surface area contributed by atoms with E-state index in [0.29, 0.717) is 0 Å². The molecule has 0 saturated carbocycles. The summed E-state index contributed by atoms with van der Waals surface area (Å²) in [5.41, 5.74) is 5.03. The van der Waals surface area contributed by atoms with E-state index >= 15 is 0 Å². The number of aliphatic imine (C=N–C) groups is 1. The molecule has 0 aliphatic carbocycles. The largest absolute Gasteiger partial charge is 0.512 e. The minimum absolute atomic E-state index is 0. The molecule has 2 aromatic carbocycles. The zero-order valence-corrected chi connectivity index (χ0v) is 20.7. The number of nitrogens with zero attached hydrogens (tertiary/aromatic N) is 2. The summed E-state index contributed by atoms with van der Waals surface area (Å²) in [4.78, 5) is 13.2. The van der Waals surface area contributed by atoms with Crippen molar-refractivity contribution in [3.8, 4) is 0 Å². The molecule has 4 rings (SSSR count). The summed E-state index contributed by atoms with van der Waals surface area (Å²) >= 11 is 0. The molecule has 0 fully saturated rings. The molecule has 30 heavy (non-hydrogen) atoms. The van der Waals surface area contributed by atoms with Crippen LogP contribution in [0.25, 0.3) is 21.8 Å². The Bertz CT molecular complexity index is 1120. The van der Waals surface area contributed by atoms with E-state index < -0.39 is 0 Å². The number of aliphatic hydroxyl groups excluding tert-OH is 1. The molecule has 0 saturated heterocycles. The van der Waals surface area contributed by atoms with Crippen LogP contribution in [0.3, 0.4) is 0 Å². The third kappa shape index (κ3) is 5.08. The predicted molar refractivity (Wildman–Crippen MR) is 123 cm³/mol. The Hall–Kier alpha value is -2.23. The zero-order valence-electron chi connectivity index (χ0n) is 18.3. The van der Waals surface area contributed by atoms with Crippen molar-refractivity contribution in [1.82, 2.24) is 4.57 Å². The molecule has 0 atom stereocenters. The number of hydrogen-bond donors (Lipinski definition) is 1. The number of para-hydroxylation sites is 1. The predicted octanol–water partition coefficient (Wildman–Crippen LogP) is 5.75. The topological polar surface area (TPSA) is 58.9 Å². The quantitative estimate of drug-likeness (QED) is 0.178. The van der Waals surface area contributed by atoms with Gasteiger partial charge in [0, 0.05) is 39.2 Å². The van der Waals surface area contributed by atoms with Crippen LogP contribution in [0.15, 0.2) is 53.2 Å². The Morgan fingerprint density at radius 3 is 2.50 bits per heavy atom. The van der Waals surface area contributed by atoms with Gasteiger partial charge in [0.1, 0.15) is 0 Å². The molecule has 2 heterocycles. The second-order valence-corrected chi connectivity index (χ2v) is 8.37. The second-order valence-electron chi connectivity index (χ2n) is 8.37. The fraction of sp³-hybridized carbons (Fsp3) is 0.360. The average molecular weight is 583 g/mol. The molecule has 1 aliphatic heterocycles. The maximum Gasteiger partial charge on any atom is 0.316 e. The smallest absolute Gasteiger partial charge is 0.316 e. The van der Waals surface area contributed by atoms with Gasteiger partial charge in [-0.3, -0.25) is 4.79 Å². The molecule has 0 amide bonds. The Balaban J connectivity index is 0.000000350. The Morgan fingerprint density at radius 2 is 1.90 bits per heavy atom. The average Bonchev–Trinajstić information content (AvgIpc) is 2.93. The van der Waals surface area contributed by atoms with E-state index in [9.17, 15) is 0 Å². The molecule has 0 bridgehead atoms. The monoisotopic (exact) mass is 583 g/mol. The number of carbonyl (C=O) groups excluding carboxylic acids is 1. The zero-order chi connectivity index (χ0) is 21.2. The molecule has 0 spiro atoms. The van der Waals surface area contributed by atoms with Crippen molar-refractivity contribution in [2.45, 2.75) is 40.5 Å². The Morgan fingerprint density at radius 1 is 1.20 bits per heavy atom. The number of aliphatic hydroxyl groups is 1. The summed E-state index contributed by atoms with van der Waals surface area (Å²) in [6.45, 7) is 8.54. The summed E-state index contributed by atoms with van der Waals surface area (Å²) < 4.78 is 2.25. The summed E-state index contributed by atoms with van der Waals surface area (Å²) in [7, 11) is 2.13. The fourth-order valence-corrected chi connectivity index (χ4v) is 4.03. The number of benzene rings is 2. The van der Waals surface area contributed by atoms with E-state index in [2.05, 4.69) is 67.9 Å². The van der Waals surface area contributed by atoms with Gasteiger partial charge in [-0.2, -0.15) is 0 Å². The Labute approximate surface area is 192 Å². The summed E-state index contributed by atoms with van der Waals surface area (Å²) in [5.74, 6) is 0.250. The molecule has 1 radical (unpaired) electrons. The van der Waals surface area contributed by atoms with Crippen molar-refractivity contribution in [1.29, 1.82) is 0 Å². The number of aryl methyl sites for hydroxylation is 1. The number of allylic oxidation sites excluding steroid dienone is 2. The number of fused-ring (bicyclic) bond motifs is 3. The van der Waals surface area contributed by atoms with Gasteiger partial charge in [0.15, 0.2) is 0 Å². The third-order valence-electron chi connectivity index (χ3n) is 5.39. The molecular formula is C25H30IrN2O2. The summed E-state index contributed by atoms with van der Waals surface area (Å²) in [6, 6.07) is 16.5. The van der Waals surface area contributed by atoms with E-state index in [1.807, 2.05) is 0 Å². The normalized spacial score (nSPS) is 15.8. The van der Waals surface area contributed by atoms with Crippen molar-refractivity contribution < 1.29 is 30.0 Å². The molecule has 1 aliphatic rings. The van der Waals surface area contributed by atoms with E-state index in [1.165, 1.54) is 60.3 Å². The number of ketones is 1. The molecule has 3 aromatic rings. The number of aromatic nitrogens is 1. The molecule has 5 heteroatoms.